The first-order valence-corrected chi connectivity index (χ1v) is 11.8. The molecule has 8 nitrogen and oxygen atoms in total. The van der Waals surface area contributed by atoms with Crippen molar-refractivity contribution < 1.29 is 9.13 Å². The molecule has 4 aromatic rings. The second-order valence-electron chi connectivity index (χ2n) is 9.72. The van der Waals surface area contributed by atoms with Gasteiger partial charge in [0, 0.05) is 61.5 Å². The predicted molar refractivity (Wildman–Crippen MR) is 131 cm³/mol. The summed E-state index contributed by atoms with van der Waals surface area (Å²) in [6.45, 7) is 1.68. The molecule has 3 aromatic heterocycles. The smallest absolute Gasteiger partial charge is 0.324 e. The number of nitrogens with two attached hydrogens (primary N) is 1. The Kier molecular flexibility index (Phi) is 4.29. The predicted octanol–water partition coefficient (Wildman–Crippen LogP) is 3.89. The number of aromatic nitrogens is 4. The molecule has 0 bridgehead atoms. The number of fused-ring (bicyclic) bond motifs is 4. The average molecular weight is 470 g/mol. The monoisotopic (exact) mass is 469 g/mol. The molecule has 2 fully saturated rings. The maximum atomic E-state index is 14.5. The topological polar surface area (TPSA) is 102 Å². The summed E-state index contributed by atoms with van der Waals surface area (Å²) in [5.74, 6) is 1.00. The number of ether oxygens (including phenoxy) is 1. The molecule has 1 saturated heterocycles. The molecular formula is C26H24FN7O. The zero-order valence-electron chi connectivity index (χ0n) is 19.3. The molecule has 176 valence electrons. The van der Waals surface area contributed by atoms with Crippen LogP contribution in [0.25, 0.3) is 22.2 Å². The third-order valence-electron chi connectivity index (χ3n) is 7.61. The number of halogens is 1. The van der Waals surface area contributed by atoms with Crippen LogP contribution in [0.15, 0.2) is 42.7 Å². The molecular weight excluding hydrogens is 445 g/mol. The Balaban J connectivity index is 1.33. The number of benzene rings is 1. The van der Waals surface area contributed by atoms with Crippen LogP contribution in [-0.4, -0.2) is 46.1 Å². The maximum Gasteiger partial charge on any atom is 0.324 e. The van der Waals surface area contributed by atoms with Gasteiger partial charge in [-0.3, -0.25) is 9.97 Å². The van der Waals surface area contributed by atoms with E-state index < -0.39 is 0 Å². The minimum Gasteiger partial charge on any atom is -0.423 e. The first-order chi connectivity index (χ1) is 17.0. The molecule has 1 saturated carbocycles. The van der Waals surface area contributed by atoms with Crippen molar-refractivity contribution in [2.24, 2.45) is 11.1 Å². The number of nitrogens with zero attached hydrogens (tertiary/aromatic N) is 5. The van der Waals surface area contributed by atoms with Gasteiger partial charge in [-0.05, 0) is 48.2 Å². The van der Waals surface area contributed by atoms with E-state index in [-0.39, 0.29) is 23.3 Å². The van der Waals surface area contributed by atoms with Crippen LogP contribution in [0.4, 0.5) is 15.9 Å². The number of nitrogens with one attached hydrogen (secondary N) is 1. The van der Waals surface area contributed by atoms with E-state index in [9.17, 15) is 4.39 Å². The number of pyridine rings is 2. The van der Waals surface area contributed by atoms with Gasteiger partial charge in [0.1, 0.15) is 11.6 Å². The van der Waals surface area contributed by atoms with Crippen LogP contribution in [0.1, 0.15) is 24.1 Å². The van der Waals surface area contributed by atoms with Crippen LogP contribution in [-0.2, 0) is 6.42 Å². The Bertz CT molecular complexity index is 1510. The Hall–Kier alpha value is -3.85. The van der Waals surface area contributed by atoms with Crippen LogP contribution in [0.3, 0.4) is 0 Å². The molecule has 35 heavy (non-hydrogen) atoms. The lowest BCUT2D eigenvalue weighted by Gasteiger charge is -2.22. The fraction of sp³-hybridized carbons (Fsp3) is 0.308. The molecule has 2 aliphatic carbocycles. The number of anilines is 2. The first-order valence-electron chi connectivity index (χ1n) is 11.8. The lowest BCUT2D eigenvalue weighted by molar-refractivity contribution is 0.439. The zero-order chi connectivity index (χ0) is 23.7. The third-order valence-corrected chi connectivity index (χ3v) is 7.61. The normalized spacial score (nSPS) is 21.9. The van der Waals surface area contributed by atoms with Crippen LogP contribution < -0.4 is 20.7 Å². The molecule has 1 unspecified atom stereocenters. The summed E-state index contributed by atoms with van der Waals surface area (Å²) in [6.07, 6.45) is 6.01. The van der Waals surface area contributed by atoms with Crippen molar-refractivity contribution in [2.45, 2.75) is 25.3 Å². The fourth-order valence-electron chi connectivity index (χ4n) is 5.61. The molecule has 3 aliphatic rings. The van der Waals surface area contributed by atoms with Gasteiger partial charge in [0.05, 0.1) is 22.9 Å². The van der Waals surface area contributed by atoms with Gasteiger partial charge >= 0.3 is 6.01 Å². The van der Waals surface area contributed by atoms with Crippen molar-refractivity contribution >= 4 is 22.5 Å². The fourth-order valence-corrected chi connectivity index (χ4v) is 5.61. The summed E-state index contributed by atoms with van der Waals surface area (Å²) in [5, 5.41) is 3.13. The SMILES string of the molecule is CNc1cc(F)cc2c1Cc1nc(Oc3cnc4cccnc4c3)nc(N3CCC4(C[C@H]4N)C3)c1-2. The lowest BCUT2D eigenvalue weighted by Crippen LogP contribution is -2.24. The van der Waals surface area contributed by atoms with Crippen molar-refractivity contribution in [2.75, 3.05) is 30.4 Å². The molecule has 0 amide bonds. The van der Waals surface area contributed by atoms with Gasteiger partial charge in [0.15, 0.2) is 5.75 Å². The molecule has 9 heteroatoms. The Morgan fingerprint density at radius 2 is 2.09 bits per heavy atom. The minimum atomic E-state index is -0.288. The number of hydrogen-bond donors (Lipinski definition) is 2. The summed E-state index contributed by atoms with van der Waals surface area (Å²) in [5.41, 5.74) is 12.3. The molecule has 0 radical (unpaired) electrons. The zero-order valence-corrected chi connectivity index (χ0v) is 19.3. The van der Waals surface area contributed by atoms with Gasteiger partial charge in [0.2, 0.25) is 0 Å². The van der Waals surface area contributed by atoms with Gasteiger partial charge in [-0.15, -0.1) is 0 Å². The quantitative estimate of drug-likeness (QED) is 0.409. The third kappa shape index (κ3) is 3.22. The highest BCUT2D eigenvalue weighted by atomic mass is 19.1. The van der Waals surface area contributed by atoms with Crippen LogP contribution in [0, 0.1) is 11.2 Å². The highest BCUT2D eigenvalue weighted by Crippen LogP contribution is 2.54. The van der Waals surface area contributed by atoms with Crippen molar-refractivity contribution in [3.05, 3.63) is 59.8 Å². The van der Waals surface area contributed by atoms with Gasteiger partial charge in [0.25, 0.3) is 0 Å². The van der Waals surface area contributed by atoms with E-state index in [1.165, 1.54) is 6.07 Å². The second kappa shape index (κ2) is 7.32. The summed E-state index contributed by atoms with van der Waals surface area (Å²) < 4.78 is 20.7. The summed E-state index contributed by atoms with van der Waals surface area (Å²) in [6, 6.07) is 9.17. The van der Waals surface area contributed by atoms with Crippen LogP contribution >= 0.6 is 0 Å². The van der Waals surface area contributed by atoms with E-state index >= 15 is 0 Å². The van der Waals surface area contributed by atoms with Gasteiger partial charge in [-0.2, -0.15) is 9.97 Å². The maximum absolute atomic E-state index is 14.5. The first kappa shape index (κ1) is 20.5. The second-order valence-corrected chi connectivity index (χ2v) is 9.72. The molecule has 7 rings (SSSR count). The summed E-state index contributed by atoms with van der Waals surface area (Å²) >= 11 is 0. The highest BCUT2D eigenvalue weighted by molar-refractivity contribution is 5.88. The van der Waals surface area contributed by atoms with E-state index in [2.05, 4.69) is 20.2 Å². The van der Waals surface area contributed by atoms with Gasteiger partial charge < -0.3 is 20.7 Å². The molecule has 1 aliphatic heterocycles. The average Bonchev–Trinajstić information content (AvgIpc) is 3.17. The largest absolute Gasteiger partial charge is 0.423 e. The van der Waals surface area contributed by atoms with Gasteiger partial charge in [-0.25, -0.2) is 4.39 Å². The Labute approximate surface area is 201 Å². The Morgan fingerprint density at radius 1 is 1.20 bits per heavy atom. The van der Waals surface area contributed by atoms with E-state index in [1.54, 1.807) is 25.5 Å². The van der Waals surface area contributed by atoms with Crippen LogP contribution in [0.2, 0.25) is 0 Å². The minimum absolute atomic E-state index is 0.159. The standard InChI is InChI=1S/C26H24FN7O/c1-29-19-8-14(27)7-17-16(19)10-21-23(17)24(34-6-4-26(13-34)11-22(26)28)33-25(32-21)35-15-9-20-18(31-12-15)3-2-5-30-20/h2-3,5,7-9,12,22,29H,4,6,10-11,13,28H2,1H3/t22-,26?/m1/s1. The van der Waals surface area contributed by atoms with Crippen molar-refractivity contribution in [3.8, 4) is 22.9 Å². The van der Waals surface area contributed by atoms with Gasteiger partial charge in [-0.1, -0.05) is 0 Å². The van der Waals surface area contributed by atoms with E-state index in [0.29, 0.717) is 12.2 Å². The molecule has 1 aromatic carbocycles. The Morgan fingerprint density at radius 3 is 2.89 bits per heavy atom. The van der Waals surface area contributed by atoms with E-state index in [0.717, 1.165) is 70.9 Å². The number of rotatable bonds is 4. The van der Waals surface area contributed by atoms with Crippen molar-refractivity contribution in [1.29, 1.82) is 0 Å². The summed E-state index contributed by atoms with van der Waals surface area (Å²) in [4.78, 5) is 20.7. The van der Waals surface area contributed by atoms with E-state index in [1.807, 2.05) is 18.2 Å². The molecule has 2 atom stereocenters. The summed E-state index contributed by atoms with van der Waals surface area (Å²) in [7, 11) is 1.80. The lowest BCUT2D eigenvalue weighted by atomic mass is 10.0. The van der Waals surface area contributed by atoms with E-state index in [4.69, 9.17) is 20.4 Å². The highest BCUT2D eigenvalue weighted by Gasteiger charge is 2.56. The molecule has 1 spiro atoms. The van der Waals surface area contributed by atoms with Crippen LogP contribution in [0.5, 0.6) is 11.8 Å². The van der Waals surface area contributed by atoms with Crippen molar-refractivity contribution in [1.82, 2.24) is 19.9 Å². The number of hydrogen-bond acceptors (Lipinski definition) is 8. The molecule has 4 heterocycles. The molecule has 3 N–H and O–H groups in total. The van der Waals surface area contributed by atoms with Crippen molar-refractivity contribution in [3.63, 3.8) is 0 Å².